The first kappa shape index (κ1) is 15.3. The van der Waals surface area contributed by atoms with Crippen LogP contribution in [0.15, 0.2) is 5.38 Å². The number of sulfone groups is 1. The maximum absolute atomic E-state index is 13.7. The van der Waals surface area contributed by atoms with Crippen LogP contribution in [-0.2, 0) is 22.1 Å². The number of hydrogen-bond donors (Lipinski definition) is 0. The number of alkyl halides is 2. The lowest BCUT2D eigenvalue weighted by Crippen LogP contribution is -2.33. The normalized spacial score (nSPS) is 31.9. The molecule has 2 heterocycles. The maximum atomic E-state index is 13.7. The number of fused-ring (bicyclic) bond motifs is 1. The quantitative estimate of drug-likeness (QED) is 0.845. The first-order chi connectivity index (χ1) is 9.62. The summed E-state index contributed by atoms with van der Waals surface area (Å²) in [6.45, 7) is 3.22. The predicted molar refractivity (Wildman–Crippen MR) is 77.1 cm³/mol. The van der Waals surface area contributed by atoms with E-state index >= 15 is 0 Å². The van der Waals surface area contributed by atoms with Crippen molar-refractivity contribution in [3.63, 3.8) is 0 Å². The first-order valence-electron chi connectivity index (χ1n) is 6.83. The maximum Gasteiger partial charge on any atom is 0.258 e. The van der Waals surface area contributed by atoms with E-state index in [0.717, 1.165) is 5.69 Å². The third-order valence-corrected chi connectivity index (χ3v) is 6.52. The van der Waals surface area contributed by atoms with E-state index in [1.165, 1.54) is 17.6 Å². The number of thiazole rings is 1. The van der Waals surface area contributed by atoms with Gasteiger partial charge in [-0.25, -0.2) is 22.2 Å². The van der Waals surface area contributed by atoms with Gasteiger partial charge in [0.25, 0.3) is 5.92 Å². The molecule has 8 heteroatoms. The molecule has 0 radical (unpaired) electrons. The topological polar surface area (TPSA) is 50.3 Å². The molecule has 1 aromatic heterocycles. The summed E-state index contributed by atoms with van der Waals surface area (Å²) in [7, 11) is -3.09. The smallest absolute Gasteiger partial charge is 0.258 e. The van der Waals surface area contributed by atoms with Gasteiger partial charge in [0.2, 0.25) is 0 Å². The van der Waals surface area contributed by atoms with Crippen LogP contribution in [0.2, 0.25) is 0 Å². The van der Waals surface area contributed by atoms with Crippen LogP contribution in [0.4, 0.5) is 8.78 Å². The Hall–Kier alpha value is -0.600. The summed E-state index contributed by atoms with van der Waals surface area (Å²) in [4.78, 5) is 6.28. The van der Waals surface area contributed by atoms with Crippen LogP contribution in [0.3, 0.4) is 0 Å². The van der Waals surface area contributed by atoms with E-state index in [1.807, 2.05) is 10.3 Å². The molecule has 118 valence electrons. The van der Waals surface area contributed by atoms with Crippen LogP contribution in [0.5, 0.6) is 0 Å². The SMILES string of the molecule is CC12CCN(Cc3csc(CS(C)(=O)=O)n3)CC1C2(F)F. The number of aromatic nitrogens is 1. The Balaban J connectivity index is 1.61. The van der Waals surface area contributed by atoms with Crippen molar-refractivity contribution in [2.24, 2.45) is 11.3 Å². The molecule has 0 spiro atoms. The number of likely N-dealkylation sites (tertiary alicyclic amines) is 1. The summed E-state index contributed by atoms with van der Waals surface area (Å²) >= 11 is 1.31. The van der Waals surface area contributed by atoms with Crippen LogP contribution < -0.4 is 0 Å². The molecule has 0 aromatic carbocycles. The molecule has 2 fully saturated rings. The lowest BCUT2D eigenvalue weighted by atomic mass is 9.97. The van der Waals surface area contributed by atoms with Crippen molar-refractivity contribution in [3.05, 3.63) is 16.1 Å². The lowest BCUT2D eigenvalue weighted by Gasteiger charge is -2.27. The molecule has 1 saturated carbocycles. The van der Waals surface area contributed by atoms with Gasteiger partial charge < -0.3 is 0 Å². The van der Waals surface area contributed by atoms with Crippen LogP contribution in [-0.4, -0.2) is 43.6 Å². The van der Waals surface area contributed by atoms with E-state index in [2.05, 4.69) is 4.98 Å². The van der Waals surface area contributed by atoms with E-state index in [0.29, 0.717) is 31.1 Å². The largest absolute Gasteiger partial charge is 0.297 e. The Morgan fingerprint density at radius 2 is 2.24 bits per heavy atom. The van der Waals surface area contributed by atoms with Crippen LogP contribution in [0.1, 0.15) is 24.0 Å². The van der Waals surface area contributed by atoms with Gasteiger partial charge in [-0.15, -0.1) is 11.3 Å². The summed E-state index contributed by atoms with van der Waals surface area (Å²) in [6.07, 6.45) is 1.68. The van der Waals surface area contributed by atoms with Gasteiger partial charge in [-0.3, -0.25) is 4.90 Å². The molecular weight excluding hydrogens is 318 g/mol. The zero-order valence-electron chi connectivity index (χ0n) is 12.0. The fourth-order valence-electron chi connectivity index (χ4n) is 3.16. The Labute approximate surface area is 127 Å². The van der Waals surface area contributed by atoms with Crippen molar-refractivity contribution in [2.75, 3.05) is 19.3 Å². The Morgan fingerprint density at radius 1 is 1.52 bits per heavy atom. The number of halogens is 2. The number of rotatable bonds is 4. The Morgan fingerprint density at radius 3 is 2.86 bits per heavy atom. The third-order valence-electron chi connectivity index (χ3n) is 4.64. The van der Waals surface area contributed by atoms with Gasteiger partial charge in [-0.05, 0) is 13.0 Å². The van der Waals surface area contributed by atoms with Gasteiger partial charge in [0.15, 0.2) is 9.84 Å². The van der Waals surface area contributed by atoms with E-state index < -0.39 is 27.1 Å². The molecule has 2 unspecified atom stereocenters. The van der Waals surface area contributed by atoms with E-state index in [1.54, 1.807) is 6.92 Å². The van der Waals surface area contributed by atoms with Crippen molar-refractivity contribution in [1.82, 2.24) is 9.88 Å². The average Bonchev–Trinajstić information content (AvgIpc) is 2.67. The molecule has 2 atom stereocenters. The second kappa shape index (κ2) is 4.70. The van der Waals surface area contributed by atoms with Crippen LogP contribution in [0, 0.1) is 11.3 Å². The number of piperidine rings is 1. The highest BCUT2D eigenvalue weighted by Gasteiger charge is 2.78. The second-order valence-corrected chi connectivity index (χ2v) is 9.46. The van der Waals surface area contributed by atoms with Crippen molar-refractivity contribution < 1.29 is 17.2 Å². The monoisotopic (exact) mass is 336 g/mol. The standard InChI is InChI=1S/C13H18F2N2O2S2/c1-12-3-4-17(6-10(12)13(12,14)15)5-9-7-20-11(16-9)8-21(2,18)19/h7,10H,3-6,8H2,1-2H3. The lowest BCUT2D eigenvalue weighted by molar-refractivity contribution is 0.0636. The highest BCUT2D eigenvalue weighted by Crippen LogP contribution is 2.69. The molecule has 1 aliphatic carbocycles. The van der Waals surface area contributed by atoms with Gasteiger partial charge in [-0.2, -0.15) is 0 Å². The molecule has 1 aliphatic heterocycles. The Kier molecular flexibility index (Phi) is 3.42. The first-order valence-corrected chi connectivity index (χ1v) is 9.77. The molecule has 2 aliphatic rings. The zero-order valence-corrected chi connectivity index (χ0v) is 13.6. The highest BCUT2D eigenvalue weighted by atomic mass is 32.2. The van der Waals surface area contributed by atoms with Gasteiger partial charge >= 0.3 is 0 Å². The van der Waals surface area contributed by atoms with Gasteiger partial charge in [-0.1, -0.05) is 6.92 Å². The van der Waals surface area contributed by atoms with E-state index in [4.69, 9.17) is 0 Å². The highest BCUT2D eigenvalue weighted by molar-refractivity contribution is 7.90. The molecule has 1 aromatic rings. The number of nitrogens with zero attached hydrogens (tertiary/aromatic N) is 2. The fourth-order valence-corrected chi connectivity index (χ4v) is 5.15. The minimum absolute atomic E-state index is 0.0591. The van der Waals surface area contributed by atoms with Gasteiger partial charge in [0.1, 0.15) is 10.8 Å². The molecule has 3 rings (SSSR count). The van der Waals surface area contributed by atoms with Crippen LogP contribution >= 0.6 is 11.3 Å². The molecular formula is C13H18F2N2O2S2. The summed E-state index contributed by atoms with van der Waals surface area (Å²) in [5.74, 6) is -3.14. The average molecular weight is 336 g/mol. The van der Waals surface area contributed by atoms with E-state index in [-0.39, 0.29) is 5.75 Å². The summed E-state index contributed by atoms with van der Waals surface area (Å²) in [5, 5.41) is 2.38. The number of hydrogen-bond acceptors (Lipinski definition) is 5. The van der Waals surface area contributed by atoms with Gasteiger partial charge in [0, 0.05) is 36.1 Å². The minimum atomic E-state index is -3.09. The summed E-state index contributed by atoms with van der Waals surface area (Å²) in [6, 6.07) is 0. The molecule has 1 saturated heterocycles. The van der Waals surface area contributed by atoms with Crippen molar-refractivity contribution in [2.45, 2.75) is 31.6 Å². The summed E-state index contributed by atoms with van der Waals surface area (Å²) < 4.78 is 49.8. The van der Waals surface area contributed by atoms with Crippen LogP contribution in [0.25, 0.3) is 0 Å². The van der Waals surface area contributed by atoms with Gasteiger partial charge in [0.05, 0.1) is 5.69 Å². The zero-order chi connectivity index (χ0) is 15.5. The minimum Gasteiger partial charge on any atom is -0.297 e. The molecule has 21 heavy (non-hydrogen) atoms. The predicted octanol–water partition coefficient (Wildman–Crippen LogP) is 2.16. The fraction of sp³-hybridized carbons (Fsp3) is 0.769. The second-order valence-electron chi connectivity index (χ2n) is 6.38. The van der Waals surface area contributed by atoms with E-state index in [9.17, 15) is 17.2 Å². The van der Waals surface area contributed by atoms with Crippen molar-refractivity contribution in [3.8, 4) is 0 Å². The molecule has 0 amide bonds. The third kappa shape index (κ3) is 2.73. The molecule has 0 N–H and O–H groups in total. The molecule has 0 bridgehead atoms. The van der Waals surface area contributed by atoms with Crippen molar-refractivity contribution >= 4 is 21.2 Å². The van der Waals surface area contributed by atoms with Crippen molar-refractivity contribution in [1.29, 1.82) is 0 Å². The molecule has 4 nitrogen and oxygen atoms in total. The summed E-state index contributed by atoms with van der Waals surface area (Å²) in [5.41, 5.74) is -0.0428. The Bertz CT molecular complexity index is 659.